The third kappa shape index (κ3) is 10.8. The number of nitrogens with two attached hydrogens (primary N) is 3. The van der Waals surface area contributed by atoms with Crippen LogP contribution in [-0.2, 0) is 24.0 Å². The van der Waals surface area contributed by atoms with Crippen molar-refractivity contribution in [1.29, 1.82) is 0 Å². The van der Waals surface area contributed by atoms with Gasteiger partial charge < -0.3 is 38.3 Å². The summed E-state index contributed by atoms with van der Waals surface area (Å²) in [5.74, 6) is -4.05. The fourth-order valence-electron chi connectivity index (χ4n) is 2.01. The second kappa shape index (κ2) is 12.6. The lowest BCUT2D eigenvalue weighted by Gasteiger charge is -2.17. The molecule has 27 heavy (non-hydrogen) atoms. The lowest BCUT2D eigenvalue weighted by molar-refractivity contribution is -0.142. The molecule has 0 aliphatic heterocycles. The topological polar surface area (TPSA) is 220 Å². The van der Waals surface area contributed by atoms with Crippen LogP contribution >= 0.6 is 0 Å². The molecule has 0 spiro atoms. The summed E-state index contributed by atoms with van der Waals surface area (Å²) < 4.78 is 0. The van der Waals surface area contributed by atoms with E-state index in [9.17, 15) is 24.0 Å². The Labute approximate surface area is 156 Å². The maximum Gasteiger partial charge on any atom is 0.326 e. The zero-order valence-corrected chi connectivity index (χ0v) is 15.2. The summed E-state index contributed by atoms with van der Waals surface area (Å²) in [4.78, 5) is 57.2. The lowest BCUT2D eigenvalue weighted by atomic mass is 10.1. The Balaban J connectivity index is 4.37. The number of unbranched alkanes of at least 4 members (excludes halogenated alkanes) is 1. The first kappa shape index (κ1) is 24.3. The summed E-state index contributed by atoms with van der Waals surface area (Å²) >= 11 is 0. The van der Waals surface area contributed by atoms with Crippen LogP contribution in [0, 0.1) is 0 Å². The number of rotatable bonds is 13. The van der Waals surface area contributed by atoms with Crippen molar-refractivity contribution in [3.8, 4) is 0 Å². The first-order valence-corrected chi connectivity index (χ1v) is 8.42. The largest absolute Gasteiger partial charge is 0.480 e. The molecule has 0 bridgehead atoms. The molecule has 0 aromatic heterocycles. The van der Waals surface area contributed by atoms with Gasteiger partial charge in [-0.3, -0.25) is 19.2 Å². The number of hydrogen-bond donors (Lipinski definition) is 7. The number of carbonyl (C=O) groups is 5. The maximum atomic E-state index is 11.9. The molecule has 0 saturated carbocycles. The van der Waals surface area contributed by atoms with Gasteiger partial charge >= 0.3 is 5.97 Å². The van der Waals surface area contributed by atoms with Crippen LogP contribution in [0.5, 0.6) is 0 Å². The third-order valence-electron chi connectivity index (χ3n) is 3.51. The van der Waals surface area contributed by atoms with Gasteiger partial charge in [0.05, 0.1) is 19.0 Å². The van der Waals surface area contributed by atoms with E-state index in [-0.39, 0.29) is 12.8 Å². The van der Waals surface area contributed by atoms with Gasteiger partial charge in [0.1, 0.15) is 12.1 Å². The van der Waals surface area contributed by atoms with Crippen LogP contribution in [0.25, 0.3) is 0 Å². The molecule has 12 heteroatoms. The highest BCUT2D eigenvalue weighted by molar-refractivity contribution is 5.93. The predicted molar refractivity (Wildman–Crippen MR) is 94.9 cm³/mol. The Morgan fingerprint density at radius 1 is 1.04 bits per heavy atom. The maximum absolute atomic E-state index is 11.9. The Hall–Kier alpha value is -2.73. The van der Waals surface area contributed by atoms with E-state index in [1.807, 2.05) is 0 Å². The zero-order chi connectivity index (χ0) is 21.0. The van der Waals surface area contributed by atoms with Gasteiger partial charge in [-0.15, -0.1) is 0 Å². The second-order valence-corrected chi connectivity index (χ2v) is 5.97. The molecule has 3 unspecified atom stereocenters. The van der Waals surface area contributed by atoms with Gasteiger partial charge in [-0.1, -0.05) is 0 Å². The molecular formula is C15H28N6O6. The van der Waals surface area contributed by atoms with Gasteiger partial charge in [0.25, 0.3) is 0 Å². The van der Waals surface area contributed by atoms with Crippen molar-refractivity contribution in [2.45, 2.75) is 50.7 Å². The normalized spacial score (nSPS) is 13.7. The van der Waals surface area contributed by atoms with Crippen molar-refractivity contribution in [2.24, 2.45) is 17.2 Å². The molecule has 0 saturated heterocycles. The minimum atomic E-state index is -1.19. The number of carbonyl (C=O) groups excluding carboxylic acids is 4. The van der Waals surface area contributed by atoms with Crippen LogP contribution in [-0.4, -0.2) is 65.9 Å². The average Bonchev–Trinajstić information content (AvgIpc) is 2.57. The molecule has 0 aromatic rings. The molecule has 0 heterocycles. The predicted octanol–water partition coefficient (Wildman–Crippen LogP) is -3.49. The summed E-state index contributed by atoms with van der Waals surface area (Å²) in [5.41, 5.74) is 15.7. The van der Waals surface area contributed by atoms with Crippen LogP contribution < -0.4 is 33.2 Å². The number of primary amides is 1. The van der Waals surface area contributed by atoms with Crippen LogP contribution in [0.15, 0.2) is 0 Å². The van der Waals surface area contributed by atoms with Crippen molar-refractivity contribution < 1.29 is 29.1 Å². The quantitative estimate of drug-likeness (QED) is 0.156. The van der Waals surface area contributed by atoms with Crippen molar-refractivity contribution in [2.75, 3.05) is 13.1 Å². The molecule has 4 amide bonds. The van der Waals surface area contributed by atoms with E-state index in [4.69, 9.17) is 22.3 Å². The standard InChI is InChI=1S/C15H28N6O6/c1-8(20-14(25)9(17)6-11(18)22)13(24)19-7-12(23)21-10(15(26)27)4-2-3-5-16/h8-10H,2-7,16-17H2,1H3,(H2,18,22)(H,19,24)(H,20,25)(H,21,23)(H,26,27). The highest BCUT2D eigenvalue weighted by Gasteiger charge is 2.23. The number of carboxylic acids is 1. The van der Waals surface area contributed by atoms with Crippen molar-refractivity contribution in [3.05, 3.63) is 0 Å². The van der Waals surface area contributed by atoms with Crippen LogP contribution in [0.3, 0.4) is 0 Å². The molecule has 0 aliphatic rings. The molecule has 154 valence electrons. The van der Waals surface area contributed by atoms with Crippen LogP contribution in [0.4, 0.5) is 0 Å². The minimum absolute atomic E-state index is 0.219. The number of aliphatic carboxylic acids is 1. The van der Waals surface area contributed by atoms with Crippen molar-refractivity contribution >= 4 is 29.6 Å². The Kier molecular flexibility index (Phi) is 11.3. The lowest BCUT2D eigenvalue weighted by Crippen LogP contribution is -2.52. The number of hydrogen-bond acceptors (Lipinski definition) is 7. The number of nitrogens with one attached hydrogen (secondary N) is 3. The summed E-state index contributed by atoms with van der Waals surface area (Å²) in [6, 6.07) is -3.29. The molecule has 0 radical (unpaired) electrons. The fraction of sp³-hybridized carbons (Fsp3) is 0.667. The highest BCUT2D eigenvalue weighted by atomic mass is 16.4. The Bertz CT molecular complexity index is 555. The molecule has 10 N–H and O–H groups in total. The van der Waals surface area contributed by atoms with E-state index >= 15 is 0 Å². The van der Waals surface area contributed by atoms with Crippen molar-refractivity contribution in [3.63, 3.8) is 0 Å². The smallest absolute Gasteiger partial charge is 0.326 e. The van der Waals surface area contributed by atoms with E-state index in [0.717, 1.165) is 0 Å². The number of amides is 4. The van der Waals surface area contributed by atoms with E-state index in [1.54, 1.807) is 0 Å². The van der Waals surface area contributed by atoms with Gasteiger partial charge in [-0.2, -0.15) is 0 Å². The monoisotopic (exact) mass is 388 g/mol. The van der Waals surface area contributed by atoms with Gasteiger partial charge in [0.15, 0.2) is 0 Å². The zero-order valence-electron chi connectivity index (χ0n) is 15.2. The summed E-state index contributed by atoms with van der Waals surface area (Å²) in [5, 5.41) is 15.9. The molecule has 0 aliphatic carbocycles. The summed E-state index contributed by atoms with van der Waals surface area (Å²) in [7, 11) is 0. The third-order valence-corrected chi connectivity index (χ3v) is 3.51. The fourth-order valence-corrected chi connectivity index (χ4v) is 2.01. The number of carboxylic acid groups (broad SMARTS) is 1. The average molecular weight is 388 g/mol. The van der Waals surface area contributed by atoms with E-state index < -0.39 is 54.3 Å². The van der Waals surface area contributed by atoms with Gasteiger partial charge in [0.2, 0.25) is 23.6 Å². The molecule has 3 atom stereocenters. The van der Waals surface area contributed by atoms with Crippen LogP contribution in [0.2, 0.25) is 0 Å². The van der Waals surface area contributed by atoms with Gasteiger partial charge in [-0.05, 0) is 32.7 Å². The SMILES string of the molecule is CC(NC(=O)C(N)CC(N)=O)C(=O)NCC(=O)NC(CCCCN)C(=O)O. The Morgan fingerprint density at radius 2 is 1.67 bits per heavy atom. The van der Waals surface area contributed by atoms with Gasteiger partial charge in [0, 0.05) is 0 Å². The molecular weight excluding hydrogens is 360 g/mol. The summed E-state index contributed by atoms with van der Waals surface area (Å²) in [6.45, 7) is 1.31. The molecule has 0 aromatic carbocycles. The summed E-state index contributed by atoms with van der Waals surface area (Å²) in [6.07, 6.45) is 1.01. The first-order chi connectivity index (χ1) is 12.6. The molecule has 12 nitrogen and oxygen atoms in total. The van der Waals surface area contributed by atoms with E-state index in [1.165, 1.54) is 6.92 Å². The highest BCUT2D eigenvalue weighted by Crippen LogP contribution is 2.00. The first-order valence-electron chi connectivity index (χ1n) is 8.42. The van der Waals surface area contributed by atoms with Crippen molar-refractivity contribution in [1.82, 2.24) is 16.0 Å². The Morgan fingerprint density at radius 3 is 2.19 bits per heavy atom. The molecule has 0 fully saturated rings. The van der Waals surface area contributed by atoms with E-state index in [2.05, 4.69) is 16.0 Å². The van der Waals surface area contributed by atoms with Gasteiger partial charge in [-0.25, -0.2) is 4.79 Å². The second-order valence-electron chi connectivity index (χ2n) is 5.97. The van der Waals surface area contributed by atoms with E-state index in [0.29, 0.717) is 19.4 Å². The van der Waals surface area contributed by atoms with Crippen LogP contribution in [0.1, 0.15) is 32.6 Å². The molecule has 0 rings (SSSR count). The minimum Gasteiger partial charge on any atom is -0.480 e.